The number of aliphatic hydroxyl groups excluding tert-OH is 2. The number of hydrogen-bond donors (Lipinski definition) is 2. The molecule has 0 aromatic rings. The smallest absolute Gasteiger partial charge is 0.101 e. The Hall–Kier alpha value is -1.14. The third-order valence-electron chi connectivity index (χ3n) is 4.84. The third kappa shape index (κ3) is 6.40. The summed E-state index contributed by atoms with van der Waals surface area (Å²) in [6.45, 7) is 6.45. The van der Waals surface area contributed by atoms with Gasteiger partial charge in [-0.25, -0.2) is 0 Å². The fourth-order valence-electron chi connectivity index (χ4n) is 3.53. The lowest BCUT2D eigenvalue weighted by molar-refractivity contribution is 0.299. The van der Waals surface area contributed by atoms with Gasteiger partial charge in [0.15, 0.2) is 0 Å². The maximum atomic E-state index is 9.03. The molecule has 2 aliphatic rings. The van der Waals surface area contributed by atoms with Gasteiger partial charge in [0, 0.05) is 39.0 Å². The van der Waals surface area contributed by atoms with E-state index in [0.717, 1.165) is 50.9 Å². The molecule has 2 heterocycles. The second kappa shape index (κ2) is 11.4. The molecule has 0 amide bonds. The molecule has 0 atom stereocenters. The number of rotatable bonds is 13. The van der Waals surface area contributed by atoms with Crippen molar-refractivity contribution in [2.24, 2.45) is 9.98 Å². The van der Waals surface area contributed by atoms with Crippen LogP contribution >= 0.6 is 0 Å². The minimum absolute atomic E-state index is 0.205. The summed E-state index contributed by atoms with van der Waals surface area (Å²) in [4.78, 5) is 13.6. The number of nitrogens with zero attached hydrogens (tertiary/aromatic N) is 4. The average molecular weight is 338 g/mol. The van der Waals surface area contributed by atoms with Crippen LogP contribution in [0, 0.1) is 0 Å². The highest BCUT2D eigenvalue weighted by Crippen LogP contribution is 2.12. The lowest BCUT2D eigenvalue weighted by Gasteiger charge is -2.20. The van der Waals surface area contributed by atoms with Crippen LogP contribution in [0.25, 0.3) is 0 Å². The van der Waals surface area contributed by atoms with Gasteiger partial charge in [-0.3, -0.25) is 9.98 Å². The molecule has 0 unspecified atom stereocenters. The molecule has 6 heteroatoms. The molecular weight excluding hydrogens is 304 g/mol. The molecule has 0 saturated heterocycles. The molecule has 24 heavy (non-hydrogen) atoms. The van der Waals surface area contributed by atoms with E-state index in [0.29, 0.717) is 12.8 Å². The number of amidine groups is 2. The van der Waals surface area contributed by atoms with Gasteiger partial charge in [-0.15, -0.1) is 0 Å². The van der Waals surface area contributed by atoms with Crippen LogP contribution in [0.3, 0.4) is 0 Å². The van der Waals surface area contributed by atoms with Crippen molar-refractivity contribution in [1.82, 2.24) is 9.80 Å². The molecule has 0 radical (unpaired) electrons. The van der Waals surface area contributed by atoms with Crippen molar-refractivity contribution >= 4 is 11.7 Å². The molecule has 0 saturated carbocycles. The number of aliphatic hydroxyl groups is 2. The zero-order valence-electron chi connectivity index (χ0n) is 15.0. The fraction of sp³-hybridized carbons (Fsp3) is 0.889. The summed E-state index contributed by atoms with van der Waals surface area (Å²) in [5, 5.41) is 18.1. The first kappa shape index (κ1) is 19.2. The van der Waals surface area contributed by atoms with Gasteiger partial charge in [0.1, 0.15) is 11.7 Å². The van der Waals surface area contributed by atoms with E-state index in [1.807, 2.05) is 0 Å². The highest BCUT2D eigenvalue weighted by molar-refractivity contribution is 5.84. The van der Waals surface area contributed by atoms with E-state index < -0.39 is 0 Å². The van der Waals surface area contributed by atoms with Crippen LogP contribution in [0.1, 0.15) is 51.4 Å². The minimum Gasteiger partial charge on any atom is -0.396 e. The van der Waals surface area contributed by atoms with Gasteiger partial charge in [0.05, 0.1) is 26.3 Å². The molecule has 0 aliphatic carbocycles. The summed E-state index contributed by atoms with van der Waals surface area (Å²) in [6, 6.07) is 0. The van der Waals surface area contributed by atoms with E-state index >= 15 is 0 Å². The first-order valence-electron chi connectivity index (χ1n) is 9.63. The molecule has 0 aromatic heterocycles. The van der Waals surface area contributed by atoms with Gasteiger partial charge in [-0.05, 0) is 12.8 Å². The minimum atomic E-state index is 0.205. The van der Waals surface area contributed by atoms with Crippen molar-refractivity contribution in [1.29, 1.82) is 0 Å². The zero-order chi connectivity index (χ0) is 17.0. The average Bonchev–Trinajstić information content (AvgIpc) is 3.20. The van der Waals surface area contributed by atoms with E-state index in [-0.39, 0.29) is 13.2 Å². The molecule has 138 valence electrons. The standard InChI is InChI=1S/C18H34N4O2/c23-15-7-17-19-9-13-21(17)11-5-3-1-2-4-6-12-22-14-10-20-18(22)8-16-24/h23-24H,1-16H2. The first-order valence-corrected chi connectivity index (χ1v) is 9.63. The van der Waals surface area contributed by atoms with E-state index in [1.165, 1.54) is 38.5 Å². The Balaban J connectivity index is 1.43. The summed E-state index contributed by atoms with van der Waals surface area (Å²) >= 11 is 0. The molecule has 2 rings (SSSR count). The normalized spacial score (nSPS) is 17.6. The Bertz CT molecular complexity index is 374. The molecule has 6 nitrogen and oxygen atoms in total. The second-order valence-corrected chi connectivity index (χ2v) is 6.64. The van der Waals surface area contributed by atoms with Gasteiger partial charge < -0.3 is 20.0 Å². The predicted octanol–water partition coefficient (Wildman–Crippen LogP) is 1.52. The summed E-state index contributed by atoms with van der Waals surface area (Å²) in [5.41, 5.74) is 0. The molecular formula is C18H34N4O2. The Morgan fingerprint density at radius 3 is 1.50 bits per heavy atom. The maximum absolute atomic E-state index is 9.03. The molecule has 0 bridgehead atoms. The quantitative estimate of drug-likeness (QED) is 0.500. The van der Waals surface area contributed by atoms with Crippen LogP contribution in [0.4, 0.5) is 0 Å². The van der Waals surface area contributed by atoms with Gasteiger partial charge in [0.2, 0.25) is 0 Å². The lowest BCUT2D eigenvalue weighted by Crippen LogP contribution is -2.29. The summed E-state index contributed by atoms with van der Waals surface area (Å²) in [5.74, 6) is 2.20. The molecule has 0 spiro atoms. The predicted molar refractivity (Wildman–Crippen MR) is 98.9 cm³/mol. The fourth-order valence-corrected chi connectivity index (χ4v) is 3.53. The Labute approximate surface area is 146 Å². The van der Waals surface area contributed by atoms with Crippen LogP contribution in [-0.4, -0.2) is 84.2 Å². The Morgan fingerprint density at radius 2 is 1.08 bits per heavy atom. The van der Waals surface area contributed by atoms with E-state index in [9.17, 15) is 0 Å². The maximum Gasteiger partial charge on any atom is 0.101 e. The highest BCUT2D eigenvalue weighted by Gasteiger charge is 2.16. The van der Waals surface area contributed by atoms with Crippen molar-refractivity contribution in [3.05, 3.63) is 0 Å². The Morgan fingerprint density at radius 1 is 0.667 bits per heavy atom. The number of unbranched alkanes of at least 4 members (excludes halogenated alkanes) is 5. The van der Waals surface area contributed by atoms with Crippen molar-refractivity contribution in [3.63, 3.8) is 0 Å². The summed E-state index contributed by atoms with van der Waals surface area (Å²) in [6.07, 6.45) is 9.04. The highest BCUT2D eigenvalue weighted by atomic mass is 16.3. The number of hydrogen-bond acceptors (Lipinski definition) is 6. The molecule has 0 fully saturated rings. The van der Waals surface area contributed by atoms with Crippen LogP contribution in [0.5, 0.6) is 0 Å². The van der Waals surface area contributed by atoms with E-state index in [4.69, 9.17) is 10.2 Å². The van der Waals surface area contributed by atoms with Crippen LogP contribution in [-0.2, 0) is 0 Å². The second-order valence-electron chi connectivity index (χ2n) is 6.64. The first-order chi connectivity index (χ1) is 11.8. The largest absolute Gasteiger partial charge is 0.396 e. The molecule has 2 aliphatic heterocycles. The van der Waals surface area contributed by atoms with Crippen molar-refractivity contribution in [3.8, 4) is 0 Å². The topological polar surface area (TPSA) is 71.7 Å². The summed E-state index contributed by atoms with van der Waals surface area (Å²) in [7, 11) is 0. The van der Waals surface area contributed by atoms with Gasteiger partial charge in [-0.2, -0.15) is 0 Å². The summed E-state index contributed by atoms with van der Waals surface area (Å²) < 4.78 is 0. The lowest BCUT2D eigenvalue weighted by atomic mass is 10.1. The monoisotopic (exact) mass is 338 g/mol. The number of aliphatic imine (C=N–C) groups is 2. The Kier molecular flexibility index (Phi) is 9.13. The van der Waals surface area contributed by atoms with Crippen molar-refractivity contribution in [2.45, 2.75) is 51.4 Å². The van der Waals surface area contributed by atoms with Crippen molar-refractivity contribution in [2.75, 3.05) is 52.5 Å². The van der Waals surface area contributed by atoms with Crippen LogP contribution in [0.2, 0.25) is 0 Å². The van der Waals surface area contributed by atoms with Crippen LogP contribution in [0.15, 0.2) is 9.98 Å². The van der Waals surface area contributed by atoms with Crippen LogP contribution < -0.4 is 0 Å². The van der Waals surface area contributed by atoms with Crippen molar-refractivity contribution < 1.29 is 10.2 Å². The van der Waals surface area contributed by atoms with E-state index in [1.54, 1.807) is 0 Å². The van der Waals surface area contributed by atoms with E-state index in [2.05, 4.69) is 19.8 Å². The van der Waals surface area contributed by atoms with Gasteiger partial charge >= 0.3 is 0 Å². The molecule has 2 N–H and O–H groups in total. The SMILES string of the molecule is OCCC1=NCCN1CCCCCCCCN1CCN=C1CCO. The van der Waals surface area contributed by atoms with Gasteiger partial charge in [0.25, 0.3) is 0 Å². The van der Waals surface area contributed by atoms with Gasteiger partial charge in [-0.1, -0.05) is 25.7 Å². The zero-order valence-corrected chi connectivity index (χ0v) is 15.0. The third-order valence-corrected chi connectivity index (χ3v) is 4.84. The molecule has 0 aromatic carbocycles.